The maximum absolute atomic E-state index is 11.6. The van der Waals surface area contributed by atoms with E-state index in [2.05, 4.69) is 23.5 Å². The molecule has 0 saturated heterocycles. The fourth-order valence-electron chi connectivity index (χ4n) is 2.56. The second-order valence-corrected chi connectivity index (χ2v) is 6.52. The normalized spacial score (nSPS) is 15.2. The molecule has 0 unspecified atom stereocenters. The van der Waals surface area contributed by atoms with Gasteiger partial charge < -0.3 is 10.1 Å². The zero-order chi connectivity index (χ0) is 14.6. The van der Waals surface area contributed by atoms with Gasteiger partial charge in [0, 0.05) is 6.54 Å². The molecule has 0 spiro atoms. The van der Waals surface area contributed by atoms with E-state index in [0.717, 1.165) is 12.0 Å². The van der Waals surface area contributed by atoms with Gasteiger partial charge in [-0.05, 0) is 63.1 Å². The minimum atomic E-state index is -0.447. The molecule has 1 aliphatic rings. The number of amides is 1. The fraction of sp³-hybridized carbons (Fsp3) is 0.588. The summed E-state index contributed by atoms with van der Waals surface area (Å²) in [5.41, 5.74) is 3.63. The third-order valence-corrected chi connectivity index (χ3v) is 3.50. The Morgan fingerprint density at radius 3 is 2.55 bits per heavy atom. The van der Waals surface area contributed by atoms with E-state index in [-0.39, 0.29) is 6.09 Å². The van der Waals surface area contributed by atoms with Crippen LogP contribution in [0.25, 0.3) is 0 Å². The van der Waals surface area contributed by atoms with Gasteiger partial charge in [0.2, 0.25) is 0 Å². The van der Waals surface area contributed by atoms with Gasteiger partial charge in [-0.15, -0.1) is 0 Å². The summed E-state index contributed by atoms with van der Waals surface area (Å²) in [7, 11) is 0. The Morgan fingerprint density at radius 1 is 1.15 bits per heavy atom. The second kappa shape index (κ2) is 6.29. The maximum atomic E-state index is 11.6. The molecule has 0 fully saturated rings. The standard InChI is InChI=1S/C17H25NO2/c1-17(2,3)20-16(19)18-12-13-9-10-14-7-5-4-6-8-15(14)11-13/h9-11H,4-8,12H2,1-3H3,(H,18,19). The SMILES string of the molecule is CC(C)(C)OC(=O)NCc1ccc2c(c1)CCCCC2. The highest BCUT2D eigenvalue weighted by molar-refractivity contribution is 5.67. The van der Waals surface area contributed by atoms with Crippen molar-refractivity contribution in [1.29, 1.82) is 0 Å². The van der Waals surface area contributed by atoms with E-state index >= 15 is 0 Å². The molecule has 3 nitrogen and oxygen atoms in total. The van der Waals surface area contributed by atoms with Gasteiger partial charge in [0.05, 0.1) is 0 Å². The summed E-state index contributed by atoms with van der Waals surface area (Å²) >= 11 is 0. The van der Waals surface area contributed by atoms with Crippen LogP contribution in [0.2, 0.25) is 0 Å². The molecule has 2 rings (SSSR count). The zero-order valence-electron chi connectivity index (χ0n) is 12.8. The number of carbonyl (C=O) groups is 1. The molecule has 1 aliphatic carbocycles. The fourth-order valence-corrected chi connectivity index (χ4v) is 2.56. The van der Waals surface area contributed by atoms with Crippen molar-refractivity contribution in [3.63, 3.8) is 0 Å². The number of benzene rings is 1. The first-order valence-corrected chi connectivity index (χ1v) is 7.51. The Morgan fingerprint density at radius 2 is 1.85 bits per heavy atom. The molecule has 110 valence electrons. The predicted octanol–water partition coefficient (Wildman–Crippen LogP) is 3.98. The molecule has 0 radical (unpaired) electrons. The first kappa shape index (κ1) is 14.9. The molecule has 1 amide bonds. The Balaban J connectivity index is 1.94. The highest BCUT2D eigenvalue weighted by atomic mass is 16.6. The monoisotopic (exact) mass is 275 g/mol. The van der Waals surface area contributed by atoms with Crippen LogP contribution in [0.3, 0.4) is 0 Å². The lowest BCUT2D eigenvalue weighted by Crippen LogP contribution is -2.32. The molecule has 1 aromatic carbocycles. The van der Waals surface area contributed by atoms with Gasteiger partial charge in [0.1, 0.15) is 5.60 Å². The third kappa shape index (κ3) is 4.55. The van der Waals surface area contributed by atoms with Gasteiger partial charge in [0.15, 0.2) is 0 Å². The van der Waals surface area contributed by atoms with E-state index in [4.69, 9.17) is 4.74 Å². The third-order valence-electron chi connectivity index (χ3n) is 3.50. The van der Waals surface area contributed by atoms with Gasteiger partial charge in [-0.3, -0.25) is 0 Å². The van der Waals surface area contributed by atoms with Crippen molar-refractivity contribution in [3.05, 3.63) is 34.9 Å². The van der Waals surface area contributed by atoms with Crippen LogP contribution in [0.1, 0.15) is 56.7 Å². The number of fused-ring (bicyclic) bond motifs is 1. The largest absolute Gasteiger partial charge is 0.444 e. The van der Waals surface area contributed by atoms with Gasteiger partial charge in [-0.1, -0.05) is 24.6 Å². The Hall–Kier alpha value is -1.51. The van der Waals surface area contributed by atoms with Gasteiger partial charge in [0.25, 0.3) is 0 Å². The number of ether oxygens (including phenoxy) is 1. The van der Waals surface area contributed by atoms with E-state index in [1.165, 1.54) is 36.8 Å². The van der Waals surface area contributed by atoms with Crippen LogP contribution in [0, 0.1) is 0 Å². The molecular formula is C17H25NO2. The van der Waals surface area contributed by atoms with Crippen LogP contribution < -0.4 is 5.32 Å². The second-order valence-electron chi connectivity index (χ2n) is 6.52. The molecule has 1 aromatic rings. The number of aryl methyl sites for hydroxylation is 2. The highest BCUT2D eigenvalue weighted by Gasteiger charge is 2.16. The molecule has 0 aromatic heterocycles. The number of hydrogen-bond acceptors (Lipinski definition) is 2. The molecule has 3 heteroatoms. The summed E-state index contributed by atoms with van der Waals surface area (Å²) < 4.78 is 5.24. The minimum absolute atomic E-state index is 0.354. The number of alkyl carbamates (subject to hydrolysis) is 1. The lowest BCUT2D eigenvalue weighted by atomic mass is 10.00. The quantitative estimate of drug-likeness (QED) is 0.829. The summed E-state index contributed by atoms with van der Waals surface area (Å²) in [6.45, 7) is 6.14. The molecule has 20 heavy (non-hydrogen) atoms. The summed E-state index contributed by atoms with van der Waals surface area (Å²) in [5.74, 6) is 0. The smallest absolute Gasteiger partial charge is 0.407 e. The van der Waals surface area contributed by atoms with Crippen molar-refractivity contribution in [2.24, 2.45) is 0 Å². The topological polar surface area (TPSA) is 38.3 Å². The lowest BCUT2D eigenvalue weighted by molar-refractivity contribution is 0.0523. The molecule has 1 N–H and O–H groups in total. The number of carbonyl (C=O) groups excluding carboxylic acids is 1. The van der Waals surface area contributed by atoms with Crippen LogP contribution in [-0.4, -0.2) is 11.7 Å². The summed E-state index contributed by atoms with van der Waals surface area (Å²) in [5, 5.41) is 2.82. The van der Waals surface area contributed by atoms with Crippen molar-refractivity contribution in [2.75, 3.05) is 0 Å². The van der Waals surface area contributed by atoms with Crippen LogP contribution in [0.5, 0.6) is 0 Å². The van der Waals surface area contributed by atoms with Crippen molar-refractivity contribution in [3.8, 4) is 0 Å². The molecule has 0 heterocycles. The number of rotatable bonds is 2. The van der Waals surface area contributed by atoms with Crippen LogP contribution in [0.15, 0.2) is 18.2 Å². The average molecular weight is 275 g/mol. The predicted molar refractivity (Wildman–Crippen MR) is 80.8 cm³/mol. The van der Waals surface area contributed by atoms with Crippen LogP contribution >= 0.6 is 0 Å². The zero-order valence-corrected chi connectivity index (χ0v) is 12.8. The van der Waals surface area contributed by atoms with Crippen molar-refractivity contribution in [1.82, 2.24) is 5.32 Å². The van der Waals surface area contributed by atoms with E-state index in [9.17, 15) is 4.79 Å². The Bertz CT molecular complexity index is 474. The summed E-state index contributed by atoms with van der Waals surface area (Å²) in [6, 6.07) is 6.56. The van der Waals surface area contributed by atoms with Crippen LogP contribution in [-0.2, 0) is 24.1 Å². The first-order chi connectivity index (χ1) is 9.44. The van der Waals surface area contributed by atoms with Gasteiger partial charge in [-0.25, -0.2) is 4.79 Å². The van der Waals surface area contributed by atoms with E-state index in [1.54, 1.807) is 0 Å². The summed E-state index contributed by atoms with van der Waals surface area (Å²) in [4.78, 5) is 11.6. The number of hydrogen-bond donors (Lipinski definition) is 1. The molecule has 0 bridgehead atoms. The van der Waals surface area contributed by atoms with Gasteiger partial charge in [-0.2, -0.15) is 0 Å². The van der Waals surface area contributed by atoms with Gasteiger partial charge >= 0.3 is 6.09 Å². The number of nitrogens with one attached hydrogen (secondary N) is 1. The van der Waals surface area contributed by atoms with Crippen molar-refractivity contribution < 1.29 is 9.53 Å². The molecular weight excluding hydrogens is 250 g/mol. The van der Waals surface area contributed by atoms with E-state index in [1.807, 2.05) is 20.8 Å². The maximum Gasteiger partial charge on any atom is 0.407 e. The minimum Gasteiger partial charge on any atom is -0.444 e. The highest BCUT2D eigenvalue weighted by Crippen LogP contribution is 2.21. The molecule has 0 saturated carbocycles. The van der Waals surface area contributed by atoms with Crippen molar-refractivity contribution in [2.45, 2.75) is 65.0 Å². The van der Waals surface area contributed by atoms with E-state index < -0.39 is 5.60 Å². The molecule has 0 atom stereocenters. The lowest BCUT2D eigenvalue weighted by Gasteiger charge is -2.19. The average Bonchev–Trinajstić information content (AvgIpc) is 2.58. The van der Waals surface area contributed by atoms with Crippen LogP contribution in [0.4, 0.5) is 4.79 Å². The Labute approximate surface area is 121 Å². The Kier molecular flexibility index (Phi) is 4.69. The molecule has 0 aliphatic heterocycles. The summed E-state index contributed by atoms with van der Waals surface area (Å²) in [6.07, 6.45) is 5.89. The first-order valence-electron chi connectivity index (χ1n) is 7.51. The van der Waals surface area contributed by atoms with E-state index in [0.29, 0.717) is 6.54 Å². The van der Waals surface area contributed by atoms with Crippen molar-refractivity contribution >= 4 is 6.09 Å².